The molecule has 23 heavy (non-hydrogen) atoms. The molecule has 0 saturated carbocycles. The van der Waals surface area contributed by atoms with Crippen LogP contribution >= 0.6 is 11.6 Å². The molecule has 7 nitrogen and oxygen atoms in total. The van der Waals surface area contributed by atoms with Gasteiger partial charge in [0.2, 0.25) is 0 Å². The molecule has 3 rings (SSSR count). The molecule has 1 amide bonds. The number of nitrogens with one attached hydrogen (secondary N) is 1. The highest BCUT2D eigenvalue weighted by Gasteiger charge is 2.21. The summed E-state index contributed by atoms with van der Waals surface area (Å²) in [6.45, 7) is 0.886. The first-order chi connectivity index (χ1) is 11.0. The maximum atomic E-state index is 12.3. The Morgan fingerprint density at radius 3 is 2.61 bits per heavy atom. The molecule has 118 valence electrons. The second-order valence-corrected chi connectivity index (χ2v) is 5.17. The molecule has 8 heteroatoms. The number of nitro groups is 1. The molecular formula is C15H11ClN2O5. The van der Waals surface area contributed by atoms with Crippen molar-refractivity contribution in [2.45, 2.75) is 0 Å². The minimum absolute atomic E-state index is 0.114. The summed E-state index contributed by atoms with van der Waals surface area (Å²) in [5.41, 5.74) is 0.00959. The summed E-state index contributed by atoms with van der Waals surface area (Å²) in [5.74, 6) is 0.466. The second-order valence-electron chi connectivity index (χ2n) is 4.73. The van der Waals surface area contributed by atoms with Gasteiger partial charge in [-0.3, -0.25) is 14.9 Å². The first kappa shape index (κ1) is 15.1. The number of rotatable bonds is 3. The van der Waals surface area contributed by atoms with E-state index in [0.29, 0.717) is 30.4 Å². The molecule has 2 aromatic rings. The highest BCUT2D eigenvalue weighted by Crippen LogP contribution is 2.33. The Kier molecular flexibility index (Phi) is 4.03. The average Bonchev–Trinajstić information content (AvgIpc) is 2.54. The molecule has 1 aliphatic rings. The van der Waals surface area contributed by atoms with Crippen LogP contribution in [0.15, 0.2) is 36.4 Å². The third-order valence-corrected chi connectivity index (χ3v) is 3.44. The van der Waals surface area contributed by atoms with Crippen LogP contribution in [-0.2, 0) is 0 Å². The Labute approximate surface area is 135 Å². The SMILES string of the molecule is O=C(Nc1ccc2c(c1)OCCO2)c1cc(Cl)ccc1[N+](=O)[O-]. The van der Waals surface area contributed by atoms with Crippen LogP contribution in [0.25, 0.3) is 0 Å². The zero-order valence-electron chi connectivity index (χ0n) is 11.7. The lowest BCUT2D eigenvalue weighted by Crippen LogP contribution is -2.17. The fraction of sp³-hybridized carbons (Fsp3) is 0.133. The van der Waals surface area contributed by atoms with E-state index >= 15 is 0 Å². The summed E-state index contributed by atoms with van der Waals surface area (Å²) in [5, 5.41) is 13.9. The molecule has 0 unspecified atom stereocenters. The van der Waals surface area contributed by atoms with Gasteiger partial charge in [0.25, 0.3) is 11.6 Å². The topological polar surface area (TPSA) is 90.7 Å². The maximum absolute atomic E-state index is 12.3. The van der Waals surface area contributed by atoms with Gasteiger partial charge in [0.05, 0.1) is 4.92 Å². The van der Waals surface area contributed by atoms with Gasteiger partial charge in [0, 0.05) is 22.8 Å². The number of benzene rings is 2. The molecule has 0 bridgehead atoms. The van der Waals surface area contributed by atoms with Crippen molar-refractivity contribution in [2.24, 2.45) is 0 Å². The predicted octanol–water partition coefficient (Wildman–Crippen LogP) is 3.27. The summed E-state index contributed by atoms with van der Waals surface area (Å²) in [6, 6.07) is 8.70. The zero-order chi connectivity index (χ0) is 16.4. The first-order valence-electron chi connectivity index (χ1n) is 6.69. The zero-order valence-corrected chi connectivity index (χ0v) is 12.5. The Morgan fingerprint density at radius 1 is 1.13 bits per heavy atom. The molecule has 0 atom stereocenters. The van der Waals surface area contributed by atoms with Crippen molar-refractivity contribution < 1.29 is 19.2 Å². The Hall–Kier alpha value is -2.80. The van der Waals surface area contributed by atoms with Crippen LogP contribution in [0, 0.1) is 10.1 Å². The summed E-state index contributed by atoms with van der Waals surface area (Å²) in [6.07, 6.45) is 0. The molecule has 0 aliphatic carbocycles. The molecular weight excluding hydrogens is 324 g/mol. The van der Waals surface area contributed by atoms with Gasteiger partial charge in [-0.2, -0.15) is 0 Å². The van der Waals surface area contributed by atoms with Crippen LogP contribution in [0.5, 0.6) is 11.5 Å². The number of nitro benzene ring substituents is 1. The molecule has 0 fully saturated rings. The van der Waals surface area contributed by atoms with Crippen molar-refractivity contribution in [3.05, 3.63) is 57.1 Å². The summed E-state index contributed by atoms with van der Waals surface area (Å²) in [4.78, 5) is 22.7. The van der Waals surface area contributed by atoms with Crippen LogP contribution in [0.1, 0.15) is 10.4 Å². The standard InChI is InChI=1S/C15H11ClN2O5/c16-9-1-3-12(18(20)21)11(7-9)15(19)17-10-2-4-13-14(8-10)23-6-5-22-13/h1-4,7-8H,5-6H2,(H,17,19). The van der Waals surface area contributed by atoms with Crippen LogP contribution in [0.3, 0.4) is 0 Å². The van der Waals surface area contributed by atoms with Crippen LogP contribution in [0.4, 0.5) is 11.4 Å². The largest absolute Gasteiger partial charge is 0.486 e. The van der Waals surface area contributed by atoms with Crippen molar-refractivity contribution in [1.82, 2.24) is 0 Å². The van der Waals surface area contributed by atoms with Gasteiger partial charge < -0.3 is 14.8 Å². The van der Waals surface area contributed by atoms with E-state index < -0.39 is 10.8 Å². The van der Waals surface area contributed by atoms with Gasteiger partial charge in [-0.1, -0.05) is 11.6 Å². The fourth-order valence-electron chi connectivity index (χ4n) is 2.17. The Bertz CT molecular complexity index is 793. The van der Waals surface area contributed by atoms with E-state index in [-0.39, 0.29) is 16.3 Å². The molecule has 0 saturated heterocycles. The summed E-state index contributed by atoms with van der Waals surface area (Å²) >= 11 is 5.82. The van der Waals surface area contributed by atoms with E-state index in [0.717, 1.165) is 0 Å². The highest BCUT2D eigenvalue weighted by molar-refractivity contribution is 6.31. The van der Waals surface area contributed by atoms with Crippen molar-refractivity contribution in [2.75, 3.05) is 18.5 Å². The number of ether oxygens (including phenoxy) is 2. The van der Waals surface area contributed by atoms with E-state index in [9.17, 15) is 14.9 Å². The molecule has 0 radical (unpaired) electrons. The molecule has 1 heterocycles. The monoisotopic (exact) mass is 334 g/mol. The lowest BCUT2D eigenvalue weighted by Gasteiger charge is -2.19. The van der Waals surface area contributed by atoms with Gasteiger partial charge in [0.15, 0.2) is 11.5 Å². The highest BCUT2D eigenvalue weighted by atomic mass is 35.5. The van der Waals surface area contributed by atoms with Crippen LogP contribution < -0.4 is 14.8 Å². The lowest BCUT2D eigenvalue weighted by molar-refractivity contribution is -0.385. The summed E-state index contributed by atoms with van der Waals surface area (Å²) in [7, 11) is 0. The Balaban J connectivity index is 1.87. The molecule has 0 spiro atoms. The van der Waals surface area contributed by atoms with Gasteiger partial charge in [-0.05, 0) is 24.3 Å². The third-order valence-electron chi connectivity index (χ3n) is 3.20. The molecule has 2 aromatic carbocycles. The third kappa shape index (κ3) is 3.19. The number of hydrogen-bond acceptors (Lipinski definition) is 5. The Morgan fingerprint density at radius 2 is 1.87 bits per heavy atom. The van der Waals surface area contributed by atoms with E-state index in [4.69, 9.17) is 21.1 Å². The number of fused-ring (bicyclic) bond motifs is 1. The number of carbonyl (C=O) groups is 1. The van der Waals surface area contributed by atoms with Crippen LogP contribution in [-0.4, -0.2) is 24.0 Å². The van der Waals surface area contributed by atoms with Crippen molar-refractivity contribution in [1.29, 1.82) is 0 Å². The number of anilines is 1. The van der Waals surface area contributed by atoms with Crippen molar-refractivity contribution in [3.63, 3.8) is 0 Å². The second kappa shape index (κ2) is 6.13. The normalized spacial score (nSPS) is 12.6. The molecule has 0 aromatic heterocycles. The van der Waals surface area contributed by atoms with Gasteiger partial charge in [-0.15, -0.1) is 0 Å². The minimum atomic E-state index is -0.630. The number of halogens is 1. The van der Waals surface area contributed by atoms with E-state index in [1.54, 1.807) is 18.2 Å². The van der Waals surface area contributed by atoms with E-state index in [1.165, 1.54) is 18.2 Å². The minimum Gasteiger partial charge on any atom is -0.486 e. The number of carbonyl (C=O) groups excluding carboxylic acids is 1. The number of amides is 1. The van der Waals surface area contributed by atoms with Gasteiger partial charge >= 0.3 is 0 Å². The first-order valence-corrected chi connectivity index (χ1v) is 7.07. The van der Waals surface area contributed by atoms with Crippen molar-refractivity contribution in [3.8, 4) is 11.5 Å². The number of hydrogen-bond donors (Lipinski definition) is 1. The maximum Gasteiger partial charge on any atom is 0.282 e. The molecule has 1 aliphatic heterocycles. The average molecular weight is 335 g/mol. The predicted molar refractivity (Wildman–Crippen MR) is 83.5 cm³/mol. The smallest absolute Gasteiger partial charge is 0.282 e. The van der Waals surface area contributed by atoms with E-state index in [1.807, 2.05) is 0 Å². The van der Waals surface area contributed by atoms with E-state index in [2.05, 4.69) is 5.32 Å². The summed E-state index contributed by atoms with van der Waals surface area (Å²) < 4.78 is 10.8. The lowest BCUT2D eigenvalue weighted by atomic mass is 10.1. The fourth-order valence-corrected chi connectivity index (χ4v) is 2.34. The quantitative estimate of drug-likeness (QED) is 0.687. The van der Waals surface area contributed by atoms with Gasteiger partial charge in [-0.25, -0.2) is 0 Å². The number of nitrogens with zero attached hydrogens (tertiary/aromatic N) is 1. The van der Waals surface area contributed by atoms with Crippen LogP contribution in [0.2, 0.25) is 5.02 Å². The van der Waals surface area contributed by atoms with Gasteiger partial charge in [0.1, 0.15) is 18.8 Å². The van der Waals surface area contributed by atoms with Crippen molar-refractivity contribution >= 4 is 28.9 Å². The molecule has 1 N–H and O–H groups in total.